The average Bonchev–Trinajstić information content (AvgIpc) is 2.53. The van der Waals surface area contributed by atoms with Gasteiger partial charge in [0.2, 0.25) is 5.91 Å². The van der Waals surface area contributed by atoms with Crippen molar-refractivity contribution in [1.82, 2.24) is 4.98 Å². The Morgan fingerprint density at radius 3 is 2.68 bits per heavy atom. The molecule has 4 nitrogen and oxygen atoms in total. The number of amides is 1. The predicted octanol–water partition coefficient (Wildman–Crippen LogP) is 3.86. The van der Waals surface area contributed by atoms with Gasteiger partial charge in [0.15, 0.2) is 5.82 Å². The van der Waals surface area contributed by atoms with Crippen molar-refractivity contribution in [1.29, 1.82) is 0 Å². The van der Waals surface area contributed by atoms with Gasteiger partial charge in [-0.05, 0) is 43.2 Å². The van der Waals surface area contributed by atoms with Crippen molar-refractivity contribution in [2.24, 2.45) is 0 Å². The Bertz CT molecular complexity index is 701. The molecule has 2 aromatic rings. The molecule has 0 saturated heterocycles. The number of carbonyl (C=O) groups excluding carboxylic acids is 1. The number of hydrogen-bond donors (Lipinski definition) is 1. The van der Waals surface area contributed by atoms with E-state index < -0.39 is 5.54 Å². The van der Waals surface area contributed by atoms with Gasteiger partial charge in [-0.3, -0.25) is 4.79 Å². The topological polar surface area (TPSA) is 45.2 Å². The molecule has 2 heterocycles. The lowest BCUT2D eigenvalue weighted by atomic mass is 9.91. The standard InChI is InChI=1S/C17H18ClN3O/c1-3-17(2)16(22)20-14-5-4-10-19-15(14)21(17)11-12-6-8-13(18)9-7-12/h4-10H,3,11H2,1-2H3,(H,20,22). The normalized spacial score (nSPS) is 20.5. The van der Waals surface area contributed by atoms with Crippen LogP contribution < -0.4 is 10.2 Å². The molecule has 1 aromatic heterocycles. The highest BCUT2D eigenvalue weighted by molar-refractivity contribution is 6.30. The molecular weight excluding hydrogens is 298 g/mol. The van der Waals surface area contributed by atoms with E-state index in [1.807, 2.05) is 50.2 Å². The van der Waals surface area contributed by atoms with Gasteiger partial charge in [0.05, 0.1) is 5.69 Å². The zero-order valence-electron chi connectivity index (χ0n) is 12.6. The first-order chi connectivity index (χ1) is 10.5. The van der Waals surface area contributed by atoms with Crippen molar-refractivity contribution in [3.8, 4) is 0 Å². The Morgan fingerprint density at radius 1 is 1.27 bits per heavy atom. The Labute approximate surface area is 135 Å². The molecule has 114 valence electrons. The Hall–Kier alpha value is -2.07. The molecule has 1 unspecified atom stereocenters. The molecule has 0 saturated carbocycles. The lowest BCUT2D eigenvalue weighted by Crippen LogP contribution is -2.57. The SMILES string of the molecule is CCC1(C)C(=O)Nc2cccnc2N1Cc1ccc(Cl)cc1. The molecule has 1 aliphatic rings. The van der Waals surface area contributed by atoms with Crippen LogP contribution in [-0.4, -0.2) is 16.4 Å². The molecule has 0 aliphatic carbocycles. The number of aromatic nitrogens is 1. The van der Waals surface area contributed by atoms with Crippen LogP contribution in [0.2, 0.25) is 5.02 Å². The fourth-order valence-corrected chi connectivity index (χ4v) is 2.82. The van der Waals surface area contributed by atoms with Gasteiger partial charge in [-0.2, -0.15) is 0 Å². The van der Waals surface area contributed by atoms with Crippen molar-refractivity contribution in [2.45, 2.75) is 32.4 Å². The Morgan fingerprint density at radius 2 is 2.00 bits per heavy atom. The first kappa shape index (κ1) is 14.9. The van der Waals surface area contributed by atoms with E-state index in [1.165, 1.54) is 0 Å². The molecular formula is C17H18ClN3O. The molecule has 5 heteroatoms. The molecule has 1 aromatic carbocycles. The number of nitrogens with zero attached hydrogens (tertiary/aromatic N) is 2. The number of carbonyl (C=O) groups is 1. The highest BCUT2D eigenvalue weighted by Gasteiger charge is 2.43. The van der Waals surface area contributed by atoms with Crippen LogP contribution in [0.5, 0.6) is 0 Å². The number of anilines is 2. The molecule has 22 heavy (non-hydrogen) atoms. The number of hydrogen-bond acceptors (Lipinski definition) is 3. The summed E-state index contributed by atoms with van der Waals surface area (Å²) in [6, 6.07) is 11.4. The summed E-state index contributed by atoms with van der Waals surface area (Å²) in [4.78, 5) is 19.1. The summed E-state index contributed by atoms with van der Waals surface area (Å²) in [6.45, 7) is 4.58. The smallest absolute Gasteiger partial charge is 0.250 e. The van der Waals surface area contributed by atoms with Gasteiger partial charge in [0.1, 0.15) is 5.54 Å². The van der Waals surface area contributed by atoms with Gasteiger partial charge in [0.25, 0.3) is 0 Å². The fourth-order valence-electron chi connectivity index (χ4n) is 2.70. The van der Waals surface area contributed by atoms with E-state index in [2.05, 4.69) is 15.2 Å². The van der Waals surface area contributed by atoms with Crippen molar-refractivity contribution >= 4 is 29.0 Å². The highest BCUT2D eigenvalue weighted by Crippen LogP contribution is 2.37. The molecule has 0 spiro atoms. The van der Waals surface area contributed by atoms with Crippen LogP contribution in [0.1, 0.15) is 25.8 Å². The number of fused-ring (bicyclic) bond motifs is 1. The van der Waals surface area contributed by atoms with Gasteiger partial charge in [0, 0.05) is 17.8 Å². The molecule has 1 aliphatic heterocycles. The minimum absolute atomic E-state index is 0.00413. The molecule has 1 N–H and O–H groups in total. The zero-order valence-corrected chi connectivity index (χ0v) is 13.4. The van der Waals surface area contributed by atoms with Gasteiger partial charge < -0.3 is 10.2 Å². The minimum atomic E-state index is -0.624. The number of benzene rings is 1. The van der Waals surface area contributed by atoms with Crippen LogP contribution >= 0.6 is 11.6 Å². The molecule has 0 bridgehead atoms. The summed E-state index contributed by atoms with van der Waals surface area (Å²) < 4.78 is 0. The third-order valence-corrected chi connectivity index (χ3v) is 4.57. The van der Waals surface area contributed by atoms with Crippen LogP contribution in [0, 0.1) is 0 Å². The summed E-state index contributed by atoms with van der Waals surface area (Å²) in [5, 5.41) is 3.67. The second kappa shape index (κ2) is 5.61. The number of pyridine rings is 1. The quantitative estimate of drug-likeness (QED) is 0.935. The predicted molar refractivity (Wildman–Crippen MR) is 89.2 cm³/mol. The fraction of sp³-hybridized carbons (Fsp3) is 0.294. The summed E-state index contributed by atoms with van der Waals surface area (Å²) in [7, 11) is 0. The maximum atomic E-state index is 12.6. The lowest BCUT2D eigenvalue weighted by molar-refractivity contribution is -0.121. The summed E-state index contributed by atoms with van der Waals surface area (Å²) in [5.74, 6) is 0.811. The summed E-state index contributed by atoms with van der Waals surface area (Å²) in [6.07, 6.45) is 2.45. The minimum Gasteiger partial charge on any atom is -0.336 e. The third kappa shape index (κ3) is 2.44. The van der Waals surface area contributed by atoms with Crippen LogP contribution in [0.3, 0.4) is 0 Å². The first-order valence-electron chi connectivity index (χ1n) is 7.33. The monoisotopic (exact) mass is 315 g/mol. The Kier molecular flexibility index (Phi) is 3.79. The van der Waals surface area contributed by atoms with E-state index in [0.717, 1.165) is 17.1 Å². The first-order valence-corrected chi connectivity index (χ1v) is 7.71. The Balaban J connectivity index is 2.04. The summed E-state index contributed by atoms with van der Waals surface area (Å²) >= 11 is 5.95. The third-order valence-electron chi connectivity index (χ3n) is 4.32. The van der Waals surface area contributed by atoms with Crippen molar-refractivity contribution in [3.63, 3.8) is 0 Å². The maximum Gasteiger partial charge on any atom is 0.250 e. The number of rotatable bonds is 3. The van der Waals surface area contributed by atoms with Crippen LogP contribution in [-0.2, 0) is 11.3 Å². The maximum absolute atomic E-state index is 12.6. The lowest BCUT2D eigenvalue weighted by Gasteiger charge is -2.44. The van der Waals surface area contributed by atoms with Gasteiger partial charge >= 0.3 is 0 Å². The molecule has 1 amide bonds. The van der Waals surface area contributed by atoms with Crippen molar-refractivity contribution in [2.75, 3.05) is 10.2 Å². The van der Waals surface area contributed by atoms with E-state index in [0.29, 0.717) is 18.0 Å². The number of halogens is 1. The van der Waals surface area contributed by atoms with Gasteiger partial charge in [-0.1, -0.05) is 30.7 Å². The largest absolute Gasteiger partial charge is 0.336 e. The van der Waals surface area contributed by atoms with E-state index in [4.69, 9.17) is 11.6 Å². The second-order valence-corrected chi connectivity index (χ2v) is 6.11. The van der Waals surface area contributed by atoms with Crippen molar-refractivity contribution < 1.29 is 4.79 Å². The van der Waals surface area contributed by atoms with E-state index in [9.17, 15) is 4.79 Å². The van der Waals surface area contributed by atoms with Crippen LogP contribution in [0.4, 0.5) is 11.5 Å². The van der Waals surface area contributed by atoms with Gasteiger partial charge in [-0.25, -0.2) is 4.98 Å². The molecule has 0 fully saturated rings. The van der Waals surface area contributed by atoms with Crippen LogP contribution in [0.25, 0.3) is 0 Å². The van der Waals surface area contributed by atoms with E-state index >= 15 is 0 Å². The highest BCUT2D eigenvalue weighted by atomic mass is 35.5. The molecule has 1 atom stereocenters. The summed E-state index contributed by atoms with van der Waals surface area (Å²) in [5.41, 5.74) is 1.23. The van der Waals surface area contributed by atoms with Crippen LogP contribution in [0.15, 0.2) is 42.6 Å². The number of nitrogens with one attached hydrogen (secondary N) is 1. The zero-order chi connectivity index (χ0) is 15.7. The second-order valence-electron chi connectivity index (χ2n) is 5.67. The average molecular weight is 316 g/mol. The molecule has 0 radical (unpaired) electrons. The van der Waals surface area contributed by atoms with Gasteiger partial charge in [-0.15, -0.1) is 0 Å². The van der Waals surface area contributed by atoms with E-state index in [-0.39, 0.29) is 5.91 Å². The van der Waals surface area contributed by atoms with E-state index in [1.54, 1.807) is 6.20 Å². The van der Waals surface area contributed by atoms with Crippen molar-refractivity contribution in [3.05, 3.63) is 53.2 Å². The molecule has 3 rings (SSSR count).